The van der Waals surface area contributed by atoms with Crippen LogP contribution in [0.5, 0.6) is 0 Å². The Morgan fingerprint density at radius 2 is 2.19 bits per heavy atom. The van der Waals surface area contributed by atoms with Crippen molar-refractivity contribution in [1.29, 1.82) is 0 Å². The van der Waals surface area contributed by atoms with E-state index >= 15 is 0 Å². The maximum absolute atomic E-state index is 11.7. The molecule has 21 heavy (non-hydrogen) atoms. The maximum Gasteiger partial charge on any atom is 0.358 e. The molecule has 0 radical (unpaired) electrons. The van der Waals surface area contributed by atoms with Gasteiger partial charge in [0.05, 0.1) is 6.61 Å². The molecule has 0 aromatic carbocycles. The lowest BCUT2D eigenvalue weighted by Crippen LogP contribution is -2.04. The average Bonchev–Trinajstić information content (AvgIpc) is 3.13. The van der Waals surface area contributed by atoms with Gasteiger partial charge in [0.15, 0.2) is 17.7 Å². The summed E-state index contributed by atoms with van der Waals surface area (Å²) in [6, 6.07) is 6.89. The lowest BCUT2D eigenvalue weighted by molar-refractivity contribution is 0.0520. The van der Waals surface area contributed by atoms with Gasteiger partial charge in [-0.1, -0.05) is 0 Å². The fourth-order valence-corrected chi connectivity index (χ4v) is 2.01. The number of aldehydes is 1. The summed E-state index contributed by atoms with van der Waals surface area (Å²) in [4.78, 5) is 26.5. The highest BCUT2D eigenvalue weighted by molar-refractivity contribution is 5.88. The van der Waals surface area contributed by atoms with Gasteiger partial charge >= 0.3 is 5.97 Å². The van der Waals surface area contributed by atoms with E-state index in [1.54, 1.807) is 41.9 Å². The molecule has 3 aromatic rings. The number of imidazole rings is 1. The Hall–Kier alpha value is -2.89. The van der Waals surface area contributed by atoms with Crippen LogP contribution in [0.4, 0.5) is 0 Å². The number of hydrogen-bond donors (Lipinski definition) is 0. The molecule has 0 amide bonds. The molecule has 6 nitrogen and oxygen atoms in total. The highest BCUT2D eigenvalue weighted by Gasteiger charge is 2.12. The largest absolute Gasteiger partial charge is 0.461 e. The SMILES string of the molecule is CCOC(=O)c1cn2cc(-c3ccc(C=O)o3)ccc2n1. The van der Waals surface area contributed by atoms with Gasteiger partial charge in [-0.05, 0) is 31.2 Å². The van der Waals surface area contributed by atoms with Crippen LogP contribution in [0.25, 0.3) is 17.0 Å². The molecule has 0 N–H and O–H groups in total. The Labute approximate surface area is 120 Å². The third kappa shape index (κ3) is 2.43. The highest BCUT2D eigenvalue weighted by atomic mass is 16.5. The minimum atomic E-state index is -0.455. The smallest absolute Gasteiger partial charge is 0.358 e. The molecular formula is C15H12N2O4. The quantitative estimate of drug-likeness (QED) is 0.544. The molecule has 0 fully saturated rings. The number of carbonyl (C=O) groups excluding carboxylic acids is 2. The van der Waals surface area contributed by atoms with Crippen molar-refractivity contribution in [1.82, 2.24) is 9.38 Å². The molecule has 106 valence electrons. The van der Waals surface area contributed by atoms with Crippen molar-refractivity contribution < 1.29 is 18.7 Å². The molecule has 0 saturated carbocycles. The van der Waals surface area contributed by atoms with Gasteiger partial charge in [-0.2, -0.15) is 0 Å². The first-order chi connectivity index (χ1) is 10.2. The van der Waals surface area contributed by atoms with E-state index in [2.05, 4.69) is 4.98 Å². The van der Waals surface area contributed by atoms with Crippen LogP contribution in [0.1, 0.15) is 28.0 Å². The zero-order chi connectivity index (χ0) is 14.8. The van der Waals surface area contributed by atoms with Crippen LogP contribution in [0.3, 0.4) is 0 Å². The molecule has 0 spiro atoms. The van der Waals surface area contributed by atoms with Crippen LogP contribution < -0.4 is 0 Å². The molecule has 3 heterocycles. The molecule has 0 aliphatic rings. The molecule has 0 atom stereocenters. The van der Waals surface area contributed by atoms with Crippen LogP contribution >= 0.6 is 0 Å². The van der Waals surface area contributed by atoms with E-state index in [9.17, 15) is 9.59 Å². The zero-order valence-electron chi connectivity index (χ0n) is 11.3. The van der Waals surface area contributed by atoms with Gasteiger partial charge < -0.3 is 13.6 Å². The lowest BCUT2D eigenvalue weighted by atomic mass is 10.2. The van der Waals surface area contributed by atoms with Crippen molar-refractivity contribution in [2.75, 3.05) is 6.61 Å². The van der Waals surface area contributed by atoms with Gasteiger partial charge in [0.2, 0.25) is 0 Å². The summed E-state index contributed by atoms with van der Waals surface area (Å²) in [7, 11) is 0. The van der Waals surface area contributed by atoms with Gasteiger partial charge in [-0.25, -0.2) is 9.78 Å². The number of rotatable bonds is 4. The van der Waals surface area contributed by atoms with Crippen LogP contribution in [-0.4, -0.2) is 28.2 Å². The molecule has 0 saturated heterocycles. The number of esters is 1. The molecule has 0 unspecified atom stereocenters. The Kier molecular flexibility index (Phi) is 3.27. The first kappa shape index (κ1) is 13.1. The van der Waals surface area contributed by atoms with Gasteiger partial charge in [0, 0.05) is 18.0 Å². The Morgan fingerprint density at radius 1 is 1.33 bits per heavy atom. The summed E-state index contributed by atoms with van der Waals surface area (Å²) in [6.07, 6.45) is 4.02. The molecule has 0 bridgehead atoms. The molecule has 6 heteroatoms. The lowest BCUT2D eigenvalue weighted by Gasteiger charge is -1.98. The third-order valence-corrected chi connectivity index (χ3v) is 2.96. The zero-order valence-corrected chi connectivity index (χ0v) is 11.3. The average molecular weight is 284 g/mol. The maximum atomic E-state index is 11.7. The standard InChI is InChI=1S/C15H12N2O4/c1-2-20-15(19)12-8-17-7-10(3-6-14(17)16-12)13-5-4-11(9-18)21-13/h3-9H,2H2,1H3. The van der Waals surface area contributed by atoms with Crippen molar-refractivity contribution in [3.05, 3.63) is 48.1 Å². The molecule has 3 aromatic heterocycles. The van der Waals surface area contributed by atoms with E-state index in [-0.39, 0.29) is 11.5 Å². The van der Waals surface area contributed by atoms with Crippen molar-refractivity contribution in [2.24, 2.45) is 0 Å². The molecular weight excluding hydrogens is 272 g/mol. The van der Waals surface area contributed by atoms with Gasteiger partial charge in [0.25, 0.3) is 0 Å². The second kappa shape index (κ2) is 5.24. The van der Waals surface area contributed by atoms with Crippen molar-refractivity contribution in [2.45, 2.75) is 6.92 Å². The summed E-state index contributed by atoms with van der Waals surface area (Å²) in [6.45, 7) is 2.05. The molecule has 0 aliphatic carbocycles. The van der Waals surface area contributed by atoms with E-state index in [0.29, 0.717) is 24.3 Å². The van der Waals surface area contributed by atoms with Gasteiger partial charge in [0.1, 0.15) is 11.4 Å². The summed E-state index contributed by atoms with van der Waals surface area (Å²) in [5, 5.41) is 0. The Bertz CT molecular complexity index is 816. The summed E-state index contributed by atoms with van der Waals surface area (Å²) >= 11 is 0. The highest BCUT2D eigenvalue weighted by Crippen LogP contribution is 2.22. The van der Waals surface area contributed by atoms with Crippen LogP contribution in [0.2, 0.25) is 0 Å². The normalized spacial score (nSPS) is 10.7. The minimum absolute atomic E-state index is 0.252. The Balaban J connectivity index is 1.99. The predicted octanol–water partition coefficient (Wildman–Crippen LogP) is 2.58. The van der Waals surface area contributed by atoms with Crippen molar-refractivity contribution in [3.63, 3.8) is 0 Å². The van der Waals surface area contributed by atoms with E-state index in [0.717, 1.165) is 5.56 Å². The number of carbonyl (C=O) groups is 2. The van der Waals surface area contributed by atoms with Crippen molar-refractivity contribution in [3.8, 4) is 11.3 Å². The van der Waals surface area contributed by atoms with E-state index < -0.39 is 5.97 Å². The van der Waals surface area contributed by atoms with E-state index in [1.165, 1.54) is 0 Å². The van der Waals surface area contributed by atoms with Crippen molar-refractivity contribution >= 4 is 17.9 Å². The number of nitrogens with zero attached hydrogens (tertiary/aromatic N) is 2. The fraction of sp³-hybridized carbons (Fsp3) is 0.133. The number of pyridine rings is 1. The van der Waals surface area contributed by atoms with Crippen LogP contribution in [-0.2, 0) is 4.74 Å². The molecule has 0 aliphatic heterocycles. The number of furan rings is 1. The van der Waals surface area contributed by atoms with E-state index in [4.69, 9.17) is 9.15 Å². The van der Waals surface area contributed by atoms with Crippen LogP contribution in [0.15, 0.2) is 41.1 Å². The first-order valence-electron chi connectivity index (χ1n) is 6.42. The summed E-state index contributed by atoms with van der Waals surface area (Å²) in [5.74, 6) is 0.386. The first-order valence-corrected chi connectivity index (χ1v) is 6.42. The Morgan fingerprint density at radius 3 is 2.90 bits per heavy atom. The predicted molar refractivity (Wildman–Crippen MR) is 74.2 cm³/mol. The van der Waals surface area contributed by atoms with Gasteiger partial charge in [-0.3, -0.25) is 4.79 Å². The summed E-state index contributed by atoms with van der Waals surface area (Å²) in [5.41, 5.74) is 1.66. The topological polar surface area (TPSA) is 73.8 Å². The summed E-state index contributed by atoms with van der Waals surface area (Å²) < 4.78 is 12.0. The van der Waals surface area contributed by atoms with E-state index in [1.807, 2.05) is 6.07 Å². The second-order valence-electron chi connectivity index (χ2n) is 4.35. The van der Waals surface area contributed by atoms with Crippen LogP contribution in [0, 0.1) is 0 Å². The fourth-order valence-electron chi connectivity index (χ4n) is 2.01. The number of aromatic nitrogens is 2. The number of fused-ring (bicyclic) bond motifs is 1. The number of ether oxygens (including phenoxy) is 1. The monoisotopic (exact) mass is 284 g/mol. The van der Waals surface area contributed by atoms with Gasteiger partial charge in [-0.15, -0.1) is 0 Å². The minimum Gasteiger partial charge on any atom is -0.461 e. The second-order valence-corrected chi connectivity index (χ2v) is 4.35. The molecule has 3 rings (SSSR count). The number of hydrogen-bond acceptors (Lipinski definition) is 5. The third-order valence-electron chi connectivity index (χ3n) is 2.96.